The summed E-state index contributed by atoms with van der Waals surface area (Å²) in [6.45, 7) is 4.38. The van der Waals surface area contributed by atoms with Gasteiger partial charge < -0.3 is 15.2 Å². The zero-order valence-electron chi connectivity index (χ0n) is 17.1. The van der Waals surface area contributed by atoms with E-state index in [0.717, 1.165) is 41.5 Å². The number of alkyl carbamates (subject to hydrolysis) is 1. The number of carboxylic acid groups (broad SMARTS) is 1. The number of carbonyl (C=O) groups is 2. The molecule has 1 aliphatic carbocycles. The lowest BCUT2D eigenvalue weighted by Crippen LogP contribution is -2.41. The maximum Gasteiger partial charge on any atom is 0.407 e. The van der Waals surface area contributed by atoms with Crippen molar-refractivity contribution in [1.29, 1.82) is 0 Å². The summed E-state index contributed by atoms with van der Waals surface area (Å²) in [7, 11) is 0. The van der Waals surface area contributed by atoms with Crippen LogP contribution in [0.25, 0.3) is 11.1 Å². The van der Waals surface area contributed by atoms with E-state index in [0.29, 0.717) is 12.3 Å². The molecule has 1 aliphatic rings. The van der Waals surface area contributed by atoms with E-state index in [2.05, 4.69) is 43.4 Å². The van der Waals surface area contributed by atoms with Crippen molar-refractivity contribution in [2.75, 3.05) is 6.61 Å². The van der Waals surface area contributed by atoms with E-state index in [1.165, 1.54) is 0 Å². The molecule has 29 heavy (non-hydrogen) atoms. The Morgan fingerprint density at radius 2 is 1.52 bits per heavy atom. The van der Waals surface area contributed by atoms with Gasteiger partial charge in [-0.05, 0) is 41.0 Å². The topological polar surface area (TPSA) is 75.6 Å². The minimum absolute atomic E-state index is 0.0407. The lowest BCUT2D eigenvalue weighted by atomic mass is 9.95. The number of hydrogen-bond acceptors (Lipinski definition) is 3. The molecule has 5 heteroatoms. The molecule has 2 aromatic rings. The lowest BCUT2D eigenvalue weighted by molar-refractivity contribution is -0.139. The van der Waals surface area contributed by atoms with Gasteiger partial charge in [-0.1, -0.05) is 75.2 Å². The fraction of sp³-hybridized carbons (Fsp3) is 0.417. The molecule has 154 valence electrons. The molecule has 0 aliphatic heterocycles. The van der Waals surface area contributed by atoms with Crippen molar-refractivity contribution in [2.24, 2.45) is 5.92 Å². The number of benzene rings is 2. The van der Waals surface area contributed by atoms with Crippen LogP contribution in [0.15, 0.2) is 48.5 Å². The first-order chi connectivity index (χ1) is 14.0. The summed E-state index contributed by atoms with van der Waals surface area (Å²) in [6.07, 6.45) is 2.52. The van der Waals surface area contributed by atoms with Gasteiger partial charge in [0.15, 0.2) is 0 Å². The van der Waals surface area contributed by atoms with E-state index in [-0.39, 0.29) is 12.5 Å². The molecule has 0 saturated carbocycles. The van der Waals surface area contributed by atoms with Crippen LogP contribution in [0.1, 0.15) is 56.6 Å². The first kappa shape index (κ1) is 20.9. The number of amides is 1. The Morgan fingerprint density at radius 3 is 2.03 bits per heavy atom. The smallest absolute Gasteiger partial charge is 0.407 e. The van der Waals surface area contributed by atoms with Gasteiger partial charge in [0.25, 0.3) is 0 Å². The van der Waals surface area contributed by atoms with Crippen LogP contribution in [0.2, 0.25) is 0 Å². The Hall–Kier alpha value is -2.82. The summed E-state index contributed by atoms with van der Waals surface area (Å²) < 4.78 is 5.47. The van der Waals surface area contributed by atoms with Crippen molar-refractivity contribution in [3.8, 4) is 11.1 Å². The first-order valence-electron chi connectivity index (χ1n) is 10.4. The predicted octanol–water partition coefficient (Wildman–Crippen LogP) is 5.19. The summed E-state index contributed by atoms with van der Waals surface area (Å²) in [5.41, 5.74) is 4.58. The van der Waals surface area contributed by atoms with Crippen LogP contribution >= 0.6 is 0 Å². The average Bonchev–Trinajstić information content (AvgIpc) is 3.06. The minimum Gasteiger partial charge on any atom is -0.480 e. The molecule has 0 radical (unpaired) electrons. The number of nitrogens with one attached hydrogen (secondary N) is 1. The van der Waals surface area contributed by atoms with Crippen LogP contribution in [0.3, 0.4) is 0 Å². The zero-order valence-corrected chi connectivity index (χ0v) is 17.1. The van der Waals surface area contributed by atoms with Crippen LogP contribution in [0.4, 0.5) is 4.79 Å². The quantitative estimate of drug-likeness (QED) is 0.612. The number of ether oxygens (including phenoxy) is 1. The fourth-order valence-electron chi connectivity index (χ4n) is 4.14. The lowest BCUT2D eigenvalue weighted by Gasteiger charge is -2.19. The second-order valence-corrected chi connectivity index (χ2v) is 7.62. The van der Waals surface area contributed by atoms with E-state index in [1.807, 2.05) is 24.3 Å². The number of fused-ring (bicyclic) bond motifs is 3. The van der Waals surface area contributed by atoms with Gasteiger partial charge in [-0.3, -0.25) is 0 Å². The normalized spacial score (nSPS) is 13.6. The van der Waals surface area contributed by atoms with E-state index in [1.54, 1.807) is 0 Å². The van der Waals surface area contributed by atoms with Gasteiger partial charge in [-0.25, -0.2) is 9.59 Å². The van der Waals surface area contributed by atoms with Crippen LogP contribution in [0, 0.1) is 5.92 Å². The number of rotatable bonds is 9. The van der Waals surface area contributed by atoms with Crippen molar-refractivity contribution < 1.29 is 19.4 Å². The molecule has 0 aromatic heterocycles. The van der Waals surface area contributed by atoms with Crippen LogP contribution < -0.4 is 5.32 Å². The van der Waals surface area contributed by atoms with Crippen LogP contribution in [0.5, 0.6) is 0 Å². The van der Waals surface area contributed by atoms with Gasteiger partial charge in [0, 0.05) is 5.92 Å². The Bertz CT molecular complexity index is 814. The molecule has 0 spiro atoms. The molecule has 3 rings (SSSR count). The summed E-state index contributed by atoms with van der Waals surface area (Å²) in [5.74, 6) is -0.591. The third-order valence-corrected chi connectivity index (χ3v) is 5.95. The van der Waals surface area contributed by atoms with E-state index in [4.69, 9.17) is 4.74 Å². The highest BCUT2D eigenvalue weighted by Gasteiger charge is 2.29. The fourth-order valence-corrected chi connectivity index (χ4v) is 4.14. The highest BCUT2D eigenvalue weighted by molar-refractivity contribution is 5.81. The van der Waals surface area contributed by atoms with Crippen molar-refractivity contribution in [1.82, 2.24) is 5.32 Å². The second-order valence-electron chi connectivity index (χ2n) is 7.62. The highest BCUT2D eigenvalue weighted by Crippen LogP contribution is 2.44. The predicted molar refractivity (Wildman–Crippen MR) is 113 cm³/mol. The van der Waals surface area contributed by atoms with Gasteiger partial charge in [-0.15, -0.1) is 0 Å². The number of carboxylic acids is 1. The Balaban J connectivity index is 1.62. The van der Waals surface area contributed by atoms with Gasteiger partial charge in [0.2, 0.25) is 0 Å². The molecule has 0 bridgehead atoms. The molecular weight excluding hydrogens is 366 g/mol. The summed E-state index contributed by atoms with van der Waals surface area (Å²) in [6, 6.07) is 15.3. The van der Waals surface area contributed by atoms with E-state index in [9.17, 15) is 14.7 Å². The Morgan fingerprint density at radius 1 is 0.966 bits per heavy atom. The van der Waals surface area contributed by atoms with E-state index < -0.39 is 18.1 Å². The molecule has 0 fully saturated rings. The van der Waals surface area contributed by atoms with Crippen molar-refractivity contribution in [2.45, 2.75) is 51.5 Å². The molecule has 0 heterocycles. The molecule has 1 atom stereocenters. The number of hydrogen-bond donors (Lipinski definition) is 2. The molecule has 5 nitrogen and oxygen atoms in total. The minimum atomic E-state index is -1.02. The highest BCUT2D eigenvalue weighted by atomic mass is 16.5. The molecule has 1 unspecified atom stereocenters. The second kappa shape index (κ2) is 9.59. The standard InChI is InChI=1S/C24H29NO4/c1-3-16(4-2)13-14-22(23(26)27)25-24(28)29-15-21-19-11-7-5-9-17(19)18-10-6-8-12-20(18)21/h5-12,16,21-22H,3-4,13-15H2,1-2H3,(H,25,28)(H,26,27). The van der Waals surface area contributed by atoms with Crippen LogP contribution in [-0.2, 0) is 9.53 Å². The molecular formula is C24H29NO4. The molecule has 2 N–H and O–H groups in total. The first-order valence-corrected chi connectivity index (χ1v) is 10.4. The SMILES string of the molecule is CCC(CC)CCC(NC(=O)OCC1c2ccccc2-c2ccccc21)C(=O)O. The molecule has 0 saturated heterocycles. The number of carbonyl (C=O) groups excluding carboxylic acids is 1. The maximum atomic E-state index is 12.3. The summed E-state index contributed by atoms with van der Waals surface area (Å²) in [5, 5.41) is 12.0. The molecule has 1 amide bonds. The third kappa shape index (κ3) is 4.78. The largest absolute Gasteiger partial charge is 0.480 e. The van der Waals surface area contributed by atoms with Gasteiger partial charge in [0.1, 0.15) is 12.6 Å². The van der Waals surface area contributed by atoms with E-state index >= 15 is 0 Å². The van der Waals surface area contributed by atoms with Crippen molar-refractivity contribution in [3.63, 3.8) is 0 Å². The maximum absolute atomic E-state index is 12.3. The molecule has 2 aromatic carbocycles. The van der Waals surface area contributed by atoms with Crippen molar-refractivity contribution in [3.05, 3.63) is 59.7 Å². The van der Waals surface area contributed by atoms with Crippen molar-refractivity contribution >= 4 is 12.1 Å². The zero-order chi connectivity index (χ0) is 20.8. The summed E-state index contributed by atoms with van der Waals surface area (Å²) >= 11 is 0. The third-order valence-electron chi connectivity index (χ3n) is 5.95. The van der Waals surface area contributed by atoms with Gasteiger partial charge in [-0.2, -0.15) is 0 Å². The van der Waals surface area contributed by atoms with Crippen LogP contribution in [-0.4, -0.2) is 29.8 Å². The Labute approximate surface area is 172 Å². The average molecular weight is 395 g/mol. The summed E-state index contributed by atoms with van der Waals surface area (Å²) in [4.78, 5) is 23.9. The van der Waals surface area contributed by atoms with Gasteiger partial charge in [0.05, 0.1) is 0 Å². The Kier molecular flexibility index (Phi) is 6.91. The van der Waals surface area contributed by atoms with Gasteiger partial charge >= 0.3 is 12.1 Å². The number of aliphatic carboxylic acids is 1. The monoisotopic (exact) mass is 395 g/mol.